The van der Waals surface area contributed by atoms with Crippen molar-refractivity contribution in [2.24, 2.45) is 34.0 Å². The minimum Gasteiger partial charge on any atom is -0.508 e. The molecular formula is C55H78N12O15. The number of carbonyl (C=O) groups is 10. The molecule has 0 aromatic heterocycles. The van der Waals surface area contributed by atoms with E-state index in [1.54, 1.807) is 81.4 Å². The maximum Gasteiger partial charge on any atom is 0.326 e. The second-order valence-corrected chi connectivity index (χ2v) is 20.1. The van der Waals surface area contributed by atoms with Gasteiger partial charge < -0.3 is 85.3 Å². The van der Waals surface area contributed by atoms with Gasteiger partial charge in [0.2, 0.25) is 47.3 Å². The van der Waals surface area contributed by atoms with E-state index in [4.69, 9.17) is 17.2 Å². The minimum atomic E-state index is -1.92. The number of hydrogen-bond acceptors (Lipinski definition) is 15. The van der Waals surface area contributed by atoms with Crippen molar-refractivity contribution in [2.45, 2.75) is 140 Å². The first-order valence-electron chi connectivity index (χ1n) is 26.6. The predicted molar refractivity (Wildman–Crippen MR) is 298 cm³/mol. The third kappa shape index (κ3) is 22.8. The zero-order valence-corrected chi connectivity index (χ0v) is 46.4. The van der Waals surface area contributed by atoms with E-state index >= 15 is 0 Å². The van der Waals surface area contributed by atoms with Gasteiger partial charge in [-0.2, -0.15) is 0 Å². The molecule has 27 nitrogen and oxygen atoms in total. The quantitative estimate of drug-likeness (QED) is 0.0165. The number of aliphatic hydroxyl groups is 2. The second-order valence-electron chi connectivity index (χ2n) is 20.1. The van der Waals surface area contributed by atoms with Crippen molar-refractivity contribution in [1.82, 2.24) is 42.5 Å². The van der Waals surface area contributed by atoms with E-state index in [1.165, 1.54) is 24.3 Å². The summed E-state index contributed by atoms with van der Waals surface area (Å²) in [6, 6.07) is 8.17. The number of carboxylic acid groups (broad SMARTS) is 2. The van der Waals surface area contributed by atoms with Crippen molar-refractivity contribution in [3.8, 4) is 5.75 Å². The van der Waals surface area contributed by atoms with E-state index in [2.05, 4.69) is 47.5 Å². The molecular weight excluding hydrogens is 1070 g/mol. The van der Waals surface area contributed by atoms with E-state index in [0.29, 0.717) is 23.1 Å². The Balaban J connectivity index is 1.87. The number of nitrogens with one attached hydrogen (secondary N) is 8. The fourth-order valence-electron chi connectivity index (χ4n) is 8.10. The topological polar surface area (TPSA) is 459 Å². The number of amides is 8. The standard InChI is InChI=1S/C55H78N12O15/c1-6-30(4)43(56)51(78)62-37(25-34-19-21-35(70)22-20-34)47(74)60-36(18-13-23-59-55(57)58)46(73)66-44(29(2)3)52(79)65-41(28-68)50(77)61-38(24-32-14-9-7-10-15-32)49(76)67-45(31(5)69)53(80)63-39(27-42(71)72)48(75)64-40(54(81)82)26-33-16-11-8-12-17-33/h7-12,14-17,19-22,29-31,36-41,43-45,68-70H,6,13,18,23-28,56H2,1-5H3,(H,60,74)(H,61,77)(H,62,78)(H,63,80)(H,64,75)(H,65,79)(H,66,73)(H,67,76)(H,71,72)(H,81,82)(H4,57,58,59)/t30-,31+,36-,37-,38-,39-,40-,41-,43-,44-,45-/m0/s1. The maximum atomic E-state index is 14.2. The first-order chi connectivity index (χ1) is 38.7. The molecule has 8 amide bonds. The van der Waals surface area contributed by atoms with Crippen LogP contribution in [-0.4, -0.2) is 164 Å². The van der Waals surface area contributed by atoms with Crippen LogP contribution in [0.3, 0.4) is 0 Å². The molecule has 0 aliphatic rings. The lowest BCUT2D eigenvalue weighted by Crippen LogP contribution is -2.63. The number of benzene rings is 3. The highest BCUT2D eigenvalue weighted by molar-refractivity contribution is 5.99. The molecule has 3 aromatic rings. The number of aliphatic imine (C=N–C) groups is 1. The number of carbonyl (C=O) groups excluding carboxylic acids is 8. The Morgan fingerprint density at radius 3 is 1.43 bits per heavy atom. The molecule has 82 heavy (non-hydrogen) atoms. The number of carboxylic acids is 2. The zero-order valence-electron chi connectivity index (χ0n) is 46.4. The fraction of sp³-hybridized carbons (Fsp3) is 0.473. The molecule has 0 aliphatic heterocycles. The molecule has 0 fully saturated rings. The van der Waals surface area contributed by atoms with E-state index in [-0.39, 0.29) is 56.3 Å². The third-order valence-electron chi connectivity index (χ3n) is 13.1. The summed E-state index contributed by atoms with van der Waals surface area (Å²) >= 11 is 0. The number of guanidine groups is 1. The number of nitrogens with two attached hydrogens (primary N) is 3. The Morgan fingerprint density at radius 2 is 0.939 bits per heavy atom. The zero-order chi connectivity index (χ0) is 61.2. The summed E-state index contributed by atoms with van der Waals surface area (Å²) < 4.78 is 0. The van der Waals surface area contributed by atoms with Crippen LogP contribution >= 0.6 is 0 Å². The summed E-state index contributed by atoms with van der Waals surface area (Å²) in [7, 11) is 0. The Labute approximate surface area is 474 Å². The molecule has 0 saturated heterocycles. The van der Waals surface area contributed by atoms with Gasteiger partial charge in [0.25, 0.3) is 0 Å². The number of phenols is 1. The van der Waals surface area contributed by atoms with Crippen LogP contribution in [0.4, 0.5) is 0 Å². The largest absolute Gasteiger partial charge is 0.508 e. The van der Waals surface area contributed by atoms with Gasteiger partial charge in [0, 0.05) is 25.8 Å². The number of aliphatic hydroxyl groups excluding tert-OH is 2. The lowest BCUT2D eigenvalue weighted by molar-refractivity contribution is -0.144. The van der Waals surface area contributed by atoms with Crippen LogP contribution in [-0.2, 0) is 67.2 Å². The van der Waals surface area contributed by atoms with Crippen LogP contribution in [0.25, 0.3) is 0 Å². The number of hydrogen-bond donors (Lipinski definition) is 16. The van der Waals surface area contributed by atoms with Crippen LogP contribution in [0.2, 0.25) is 0 Å². The first kappa shape index (κ1) is 67.6. The number of rotatable bonds is 34. The summed E-state index contributed by atoms with van der Waals surface area (Å²) in [6.07, 6.45) is -2.79. The molecule has 3 rings (SSSR count). The number of nitrogens with zero attached hydrogens (tertiary/aromatic N) is 1. The SMILES string of the molecule is CC[C@H](C)[C@H](N)C(=O)N[C@@H](Cc1ccc(O)cc1)C(=O)N[C@@H](CCCN=C(N)N)C(=O)N[C@H](C(=O)N[C@@H](CO)C(=O)N[C@@H](Cc1ccccc1)C(=O)N[C@H](C(=O)N[C@@H](CC(=O)O)C(=O)N[C@@H](Cc1ccccc1)C(=O)O)[C@@H](C)O)C(C)C. The summed E-state index contributed by atoms with van der Waals surface area (Å²) in [5.74, 6) is -12.4. The fourth-order valence-corrected chi connectivity index (χ4v) is 8.10. The van der Waals surface area contributed by atoms with Gasteiger partial charge in [-0.3, -0.25) is 48.1 Å². The normalized spacial score (nSPS) is 15.1. The van der Waals surface area contributed by atoms with Crippen molar-refractivity contribution in [3.63, 3.8) is 0 Å². The predicted octanol–water partition coefficient (Wildman–Crippen LogP) is -2.69. The summed E-state index contributed by atoms with van der Waals surface area (Å²) in [5.41, 5.74) is 18.7. The second kappa shape index (κ2) is 33.8. The van der Waals surface area contributed by atoms with Crippen molar-refractivity contribution in [3.05, 3.63) is 102 Å². The molecule has 27 heteroatoms. The minimum absolute atomic E-state index is 0.0232. The van der Waals surface area contributed by atoms with Crippen LogP contribution in [0.1, 0.15) is 77.0 Å². The molecule has 11 atom stereocenters. The van der Waals surface area contributed by atoms with E-state index < -0.39 is 139 Å². The van der Waals surface area contributed by atoms with E-state index in [0.717, 1.165) is 6.92 Å². The molecule has 0 heterocycles. The molecule has 0 aliphatic carbocycles. The summed E-state index contributed by atoms with van der Waals surface area (Å²) in [5, 5.41) is 70.0. The van der Waals surface area contributed by atoms with Crippen LogP contribution in [0, 0.1) is 11.8 Å². The van der Waals surface area contributed by atoms with Gasteiger partial charge in [0.1, 0.15) is 54.1 Å². The smallest absolute Gasteiger partial charge is 0.326 e. The molecule has 448 valence electrons. The number of aromatic hydroxyl groups is 1. The highest BCUT2D eigenvalue weighted by Gasteiger charge is 2.37. The Bertz CT molecular complexity index is 2660. The van der Waals surface area contributed by atoms with Crippen molar-refractivity contribution in [2.75, 3.05) is 13.2 Å². The van der Waals surface area contributed by atoms with Crippen molar-refractivity contribution >= 4 is 65.2 Å². The average Bonchev–Trinajstić information content (AvgIpc) is 3.45. The van der Waals surface area contributed by atoms with Gasteiger partial charge in [-0.05, 0) is 60.4 Å². The lowest BCUT2D eigenvalue weighted by atomic mass is 9.98. The molecule has 0 bridgehead atoms. The first-order valence-corrected chi connectivity index (χ1v) is 26.6. The maximum absolute atomic E-state index is 14.2. The Kier molecular flexibility index (Phi) is 27.9. The molecule has 0 unspecified atom stereocenters. The van der Waals surface area contributed by atoms with Gasteiger partial charge in [-0.15, -0.1) is 0 Å². The molecule has 0 radical (unpaired) electrons. The monoisotopic (exact) mass is 1150 g/mol. The average molecular weight is 1150 g/mol. The molecule has 3 aromatic carbocycles. The van der Waals surface area contributed by atoms with Crippen LogP contribution < -0.4 is 59.7 Å². The van der Waals surface area contributed by atoms with E-state index in [9.17, 15) is 73.5 Å². The van der Waals surface area contributed by atoms with Gasteiger partial charge in [0.05, 0.1) is 25.2 Å². The van der Waals surface area contributed by atoms with Gasteiger partial charge in [0.15, 0.2) is 5.96 Å². The van der Waals surface area contributed by atoms with Gasteiger partial charge in [-0.1, -0.05) is 107 Å². The lowest BCUT2D eigenvalue weighted by Gasteiger charge is -2.29. The van der Waals surface area contributed by atoms with Gasteiger partial charge >= 0.3 is 11.9 Å². The summed E-state index contributed by atoms with van der Waals surface area (Å²) in [6.45, 7) is 6.77. The van der Waals surface area contributed by atoms with Gasteiger partial charge in [-0.25, -0.2) is 4.79 Å². The van der Waals surface area contributed by atoms with Crippen LogP contribution in [0.15, 0.2) is 89.9 Å². The molecule has 19 N–H and O–H groups in total. The van der Waals surface area contributed by atoms with Crippen molar-refractivity contribution < 1.29 is 73.5 Å². The van der Waals surface area contributed by atoms with Crippen LogP contribution in [0.5, 0.6) is 5.75 Å². The molecule has 0 spiro atoms. The number of aliphatic carboxylic acids is 2. The Hall–Kier alpha value is -8.69. The third-order valence-corrected chi connectivity index (χ3v) is 13.1. The van der Waals surface area contributed by atoms with E-state index in [1.807, 2.05) is 6.92 Å². The van der Waals surface area contributed by atoms with Crippen molar-refractivity contribution in [1.29, 1.82) is 0 Å². The highest BCUT2D eigenvalue weighted by Crippen LogP contribution is 2.15. The number of phenolic OH excluding ortho intramolecular Hbond substituents is 1. The highest BCUT2D eigenvalue weighted by atomic mass is 16.4. The Morgan fingerprint density at radius 1 is 0.524 bits per heavy atom. The molecule has 0 saturated carbocycles. The summed E-state index contributed by atoms with van der Waals surface area (Å²) in [4.78, 5) is 139.